The lowest BCUT2D eigenvalue weighted by molar-refractivity contribution is 0.642. The first kappa shape index (κ1) is 17.6. The molecule has 0 aliphatic rings. The fourth-order valence-electron chi connectivity index (χ4n) is 2.18. The van der Waals surface area contributed by atoms with Crippen LogP contribution in [0.15, 0.2) is 54.2 Å². The predicted octanol–water partition coefficient (Wildman–Crippen LogP) is 3.00. The van der Waals surface area contributed by atoms with Gasteiger partial charge >= 0.3 is 0 Å². The van der Waals surface area contributed by atoms with Crippen LogP contribution in [-0.4, -0.2) is 30.7 Å². The monoisotopic (exact) mass is 398 g/mol. The van der Waals surface area contributed by atoms with Crippen molar-refractivity contribution in [2.24, 2.45) is 4.99 Å². The second kappa shape index (κ2) is 9.44. The molecule has 1 aromatic heterocycles. The van der Waals surface area contributed by atoms with E-state index in [1.165, 1.54) is 10.9 Å². The molecule has 0 saturated carbocycles. The van der Waals surface area contributed by atoms with Crippen LogP contribution in [0, 0.1) is 0 Å². The highest BCUT2D eigenvalue weighted by molar-refractivity contribution is 14.0. The Kier molecular flexibility index (Phi) is 7.89. The number of nitrogens with one attached hydrogen (secondary N) is 2. The molecule has 0 aliphatic heterocycles. The average Bonchev–Trinajstić information content (AvgIpc) is 2.90. The van der Waals surface area contributed by atoms with Gasteiger partial charge in [-0.1, -0.05) is 24.3 Å². The van der Waals surface area contributed by atoms with Gasteiger partial charge in [0.05, 0.1) is 0 Å². The predicted molar refractivity (Wildman–Crippen MR) is 102 cm³/mol. The summed E-state index contributed by atoms with van der Waals surface area (Å²) in [6.07, 6.45) is 5.02. The number of rotatable bonds is 6. The fourth-order valence-corrected chi connectivity index (χ4v) is 2.18. The number of guanidine groups is 1. The van der Waals surface area contributed by atoms with Crippen molar-refractivity contribution in [2.45, 2.75) is 13.0 Å². The van der Waals surface area contributed by atoms with Crippen LogP contribution >= 0.6 is 24.0 Å². The van der Waals surface area contributed by atoms with Gasteiger partial charge in [0.1, 0.15) is 0 Å². The maximum Gasteiger partial charge on any atom is 0.191 e. The maximum absolute atomic E-state index is 4.15. The number of hydrogen-bond donors (Lipinski definition) is 2. The van der Waals surface area contributed by atoms with E-state index in [0.717, 1.165) is 32.0 Å². The molecule has 0 amide bonds. The van der Waals surface area contributed by atoms with Crippen molar-refractivity contribution >= 4 is 40.8 Å². The zero-order chi connectivity index (χ0) is 14.2. The first-order valence-electron chi connectivity index (χ1n) is 6.94. The minimum Gasteiger partial charge on any atom is -0.356 e. The van der Waals surface area contributed by atoms with E-state index in [1.807, 2.05) is 6.08 Å². The summed E-state index contributed by atoms with van der Waals surface area (Å²) in [6.45, 7) is 6.29. The fraction of sp³-hybridized carbons (Fsp3) is 0.312. The minimum atomic E-state index is 0. The summed E-state index contributed by atoms with van der Waals surface area (Å²) in [5.41, 5.74) is 1.29. The van der Waals surface area contributed by atoms with Crippen LogP contribution in [0.5, 0.6) is 0 Å². The molecule has 2 rings (SSSR count). The third-order valence-electron chi connectivity index (χ3n) is 3.19. The topological polar surface area (TPSA) is 41.4 Å². The summed E-state index contributed by atoms with van der Waals surface area (Å²) in [4.78, 5) is 4.15. The molecule has 0 radical (unpaired) electrons. The molecule has 1 aromatic carbocycles. The zero-order valence-corrected chi connectivity index (χ0v) is 14.7. The Labute approximate surface area is 143 Å². The normalized spacial score (nSPS) is 11.0. The zero-order valence-electron chi connectivity index (χ0n) is 12.4. The van der Waals surface area contributed by atoms with Gasteiger partial charge in [-0.05, 0) is 23.9 Å². The highest BCUT2D eigenvalue weighted by Crippen LogP contribution is 2.14. The number of halogens is 1. The molecule has 0 atom stereocenters. The Morgan fingerprint density at radius 2 is 2.10 bits per heavy atom. The van der Waals surface area contributed by atoms with Crippen LogP contribution in [0.2, 0.25) is 0 Å². The summed E-state index contributed by atoms with van der Waals surface area (Å²) in [6, 6.07) is 10.6. The molecule has 5 heteroatoms. The van der Waals surface area contributed by atoms with Crippen LogP contribution in [0.1, 0.15) is 6.42 Å². The number of aromatic nitrogens is 1. The van der Waals surface area contributed by atoms with Gasteiger partial charge in [-0.15, -0.1) is 30.6 Å². The van der Waals surface area contributed by atoms with Crippen molar-refractivity contribution < 1.29 is 0 Å². The summed E-state index contributed by atoms with van der Waals surface area (Å²) >= 11 is 0. The van der Waals surface area contributed by atoms with Crippen molar-refractivity contribution in [1.29, 1.82) is 0 Å². The van der Waals surface area contributed by atoms with E-state index in [1.54, 1.807) is 7.05 Å². The second-order valence-corrected chi connectivity index (χ2v) is 4.59. The molecule has 0 fully saturated rings. The Morgan fingerprint density at radius 3 is 2.86 bits per heavy atom. The van der Waals surface area contributed by atoms with Crippen LogP contribution in [0.3, 0.4) is 0 Å². The first-order chi connectivity index (χ1) is 9.85. The SMILES string of the molecule is C=CCNC(=NC)NCCCn1ccc2ccccc21.I. The largest absolute Gasteiger partial charge is 0.356 e. The van der Waals surface area contributed by atoms with E-state index >= 15 is 0 Å². The van der Waals surface area contributed by atoms with Crippen LogP contribution in [0.25, 0.3) is 10.9 Å². The summed E-state index contributed by atoms with van der Waals surface area (Å²) in [5, 5.41) is 7.74. The van der Waals surface area contributed by atoms with Crippen LogP contribution in [0.4, 0.5) is 0 Å². The molecule has 0 spiro atoms. The summed E-state index contributed by atoms with van der Waals surface area (Å²) < 4.78 is 2.29. The van der Waals surface area contributed by atoms with Gasteiger partial charge < -0.3 is 15.2 Å². The van der Waals surface area contributed by atoms with Gasteiger partial charge in [0.15, 0.2) is 5.96 Å². The van der Waals surface area contributed by atoms with Gasteiger partial charge in [-0.25, -0.2) is 0 Å². The van der Waals surface area contributed by atoms with E-state index in [-0.39, 0.29) is 24.0 Å². The molecular weight excluding hydrogens is 375 g/mol. The molecule has 0 unspecified atom stereocenters. The van der Waals surface area contributed by atoms with Crippen molar-refractivity contribution in [3.05, 3.63) is 49.2 Å². The number of fused-ring (bicyclic) bond motifs is 1. The minimum absolute atomic E-state index is 0. The average molecular weight is 398 g/mol. The number of para-hydroxylation sites is 1. The molecule has 0 aliphatic carbocycles. The Hall–Kier alpha value is -1.50. The lowest BCUT2D eigenvalue weighted by Crippen LogP contribution is -2.37. The number of nitrogens with zero attached hydrogens (tertiary/aromatic N) is 2. The molecule has 21 heavy (non-hydrogen) atoms. The number of hydrogen-bond acceptors (Lipinski definition) is 1. The number of aliphatic imine (C=N–C) groups is 1. The Morgan fingerprint density at radius 1 is 1.29 bits per heavy atom. The Bertz CT molecular complexity index is 589. The smallest absolute Gasteiger partial charge is 0.191 e. The van der Waals surface area contributed by atoms with E-state index in [9.17, 15) is 0 Å². The molecule has 2 N–H and O–H groups in total. The molecule has 2 aromatic rings. The highest BCUT2D eigenvalue weighted by atomic mass is 127. The molecule has 0 bridgehead atoms. The second-order valence-electron chi connectivity index (χ2n) is 4.59. The van der Waals surface area contributed by atoms with Crippen molar-refractivity contribution in [1.82, 2.24) is 15.2 Å². The van der Waals surface area contributed by atoms with Crippen molar-refractivity contribution in [3.8, 4) is 0 Å². The maximum atomic E-state index is 4.15. The van der Waals surface area contributed by atoms with E-state index in [0.29, 0.717) is 0 Å². The summed E-state index contributed by atoms with van der Waals surface area (Å²) in [7, 11) is 1.78. The first-order valence-corrected chi connectivity index (χ1v) is 6.94. The number of aryl methyl sites for hydroxylation is 1. The standard InChI is InChI=1S/C16H22N4.HI/c1-3-10-18-16(17-2)19-11-6-12-20-13-9-14-7-4-5-8-15(14)20;/h3-5,7-9,13H,1,6,10-12H2,2H3,(H2,17,18,19);1H. The van der Waals surface area contributed by atoms with Gasteiger partial charge in [-0.2, -0.15) is 0 Å². The van der Waals surface area contributed by atoms with Crippen LogP contribution in [-0.2, 0) is 6.54 Å². The third-order valence-corrected chi connectivity index (χ3v) is 3.19. The third kappa shape index (κ3) is 5.08. The van der Waals surface area contributed by atoms with Gasteiger partial charge in [0.25, 0.3) is 0 Å². The quantitative estimate of drug-likeness (QED) is 0.258. The van der Waals surface area contributed by atoms with E-state index in [4.69, 9.17) is 0 Å². The number of benzene rings is 1. The van der Waals surface area contributed by atoms with E-state index in [2.05, 4.69) is 63.3 Å². The lowest BCUT2D eigenvalue weighted by atomic mass is 10.2. The van der Waals surface area contributed by atoms with Crippen molar-refractivity contribution in [2.75, 3.05) is 20.1 Å². The van der Waals surface area contributed by atoms with Gasteiger partial charge in [0.2, 0.25) is 0 Å². The van der Waals surface area contributed by atoms with Crippen LogP contribution < -0.4 is 10.6 Å². The van der Waals surface area contributed by atoms with E-state index < -0.39 is 0 Å². The van der Waals surface area contributed by atoms with Crippen molar-refractivity contribution in [3.63, 3.8) is 0 Å². The lowest BCUT2D eigenvalue weighted by Gasteiger charge is -2.11. The summed E-state index contributed by atoms with van der Waals surface area (Å²) in [5.74, 6) is 0.822. The van der Waals surface area contributed by atoms with Gasteiger partial charge in [0, 0.05) is 38.4 Å². The molecule has 114 valence electrons. The van der Waals surface area contributed by atoms with Gasteiger partial charge in [-0.3, -0.25) is 4.99 Å². The highest BCUT2D eigenvalue weighted by Gasteiger charge is 2.00. The molecule has 1 heterocycles. The Balaban J connectivity index is 0.00000220. The molecular formula is C16H23IN4. The molecule has 4 nitrogen and oxygen atoms in total. The molecule has 0 saturated heterocycles.